The van der Waals surface area contributed by atoms with Crippen LogP contribution in [0.1, 0.15) is 34.8 Å². The molecule has 1 saturated carbocycles. The Hall–Kier alpha value is -3.74. The third kappa shape index (κ3) is 3.52. The summed E-state index contributed by atoms with van der Waals surface area (Å²) in [5.74, 6) is -1.94. The maximum atomic E-state index is 13.2. The van der Waals surface area contributed by atoms with Crippen molar-refractivity contribution < 1.29 is 23.9 Å². The first-order valence-corrected chi connectivity index (χ1v) is 11.5. The van der Waals surface area contributed by atoms with Gasteiger partial charge in [-0.2, -0.15) is 0 Å². The number of imide groups is 1. The lowest BCUT2D eigenvalue weighted by atomic mass is 9.82. The molecule has 1 heterocycles. The van der Waals surface area contributed by atoms with Crippen molar-refractivity contribution in [2.75, 3.05) is 16.8 Å². The molecule has 2 aliphatic carbocycles. The molecule has 7 heteroatoms. The van der Waals surface area contributed by atoms with Gasteiger partial charge in [0.05, 0.1) is 23.1 Å². The maximum Gasteiger partial charge on any atom is 0.338 e. The first-order chi connectivity index (χ1) is 16.3. The number of esters is 1. The number of anilines is 2. The summed E-state index contributed by atoms with van der Waals surface area (Å²) in [6.07, 6.45) is 2.99. The van der Waals surface area contributed by atoms with Crippen molar-refractivity contribution in [3.8, 4) is 0 Å². The van der Waals surface area contributed by atoms with Crippen LogP contribution in [0.5, 0.6) is 0 Å². The lowest BCUT2D eigenvalue weighted by molar-refractivity contribution is -0.123. The third-order valence-electron chi connectivity index (χ3n) is 7.43. The van der Waals surface area contributed by atoms with Crippen LogP contribution in [0.4, 0.5) is 11.4 Å². The molecule has 1 saturated heterocycles. The van der Waals surface area contributed by atoms with E-state index in [2.05, 4.69) is 11.4 Å². The van der Waals surface area contributed by atoms with Crippen molar-refractivity contribution in [1.29, 1.82) is 0 Å². The zero-order valence-corrected chi connectivity index (χ0v) is 19.3. The third-order valence-corrected chi connectivity index (χ3v) is 7.43. The molecule has 2 aromatic rings. The molecular weight excluding hydrogens is 432 g/mol. The van der Waals surface area contributed by atoms with Crippen LogP contribution in [0.15, 0.2) is 54.1 Å². The smallest absolute Gasteiger partial charge is 0.338 e. The molecule has 1 aliphatic heterocycles. The molecule has 0 spiro atoms. The highest BCUT2D eigenvalue weighted by Gasteiger charge is 2.60. The molecule has 174 valence electrons. The standard InChI is InChI=1S/C27H26N2O5/c1-14-6-4-9-21(16(14)3)28-22(30)13-34-27(33)17-7-5-8-19(11-17)29-25(31)23-18-10-15(2)20(12-18)24(23)26(29)32/h4-11,18,20,23-24H,12-13H2,1-3H3,(H,28,30)/t18-,20+,23+,24+/m0/s1. The van der Waals surface area contributed by atoms with Crippen molar-refractivity contribution in [3.63, 3.8) is 0 Å². The summed E-state index contributed by atoms with van der Waals surface area (Å²) >= 11 is 0. The van der Waals surface area contributed by atoms with Gasteiger partial charge in [0.25, 0.3) is 5.91 Å². The van der Waals surface area contributed by atoms with Gasteiger partial charge in [-0.05, 0) is 74.4 Å². The van der Waals surface area contributed by atoms with E-state index in [0.29, 0.717) is 11.4 Å². The fourth-order valence-corrected chi connectivity index (χ4v) is 5.59. The van der Waals surface area contributed by atoms with Gasteiger partial charge >= 0.3 is 5.97 Å². The first-order valence-electron chi connectivity index (χ1n) is 11.5. The molecule has 2 fully saturated rings. The number of ether oxygens (including phenoxy) is 1. The summed E-state index contributed by atoms with van der Waals surface area (Å²) < 4.78 is 5.19. The minimum absolute atomic E-state index is 0.111. The van der Waals surface area contributed by atoms with E-state index in [-0.39, 0.29) is 41.0 Å². The monoisotopic (exact) mass is 458 g/mol. The number of nitrogens with one attached hydrogen (secondary N) is 1. The number of carbonyl (C=O) groups is 4. The van der Waals surface area contributed by atoms with Gasteiger partial charge in [0, 0.05) is 5.69 Å². The number of aryl methyl sites for hydroxylation is 1. The van der Waals surface area contributed by atoms with Gasteiger partial charge in [0.2, 0.25) is 11.8 Å². The molecule has 4 atom stereocenters. The number of fused-ring (bicyclic) bond motifs is 5. The summed E-state index contributed by atoms with van der Waals surface area (Å²) in [5, 5.41) is 2.75. The number of benzene rings is 2. The van der Waals surface area contributed by atoms with E-state index >= 15 is 0 Å². The molecule has 5 rings (SSSR count). The summed E-state index contributed by atoms with van der Waals surface area (Å²) in [6, 6.07) is 11.8. The van der Waals surface area contributed by atoms with Gasteiger partial charge in [-0.15, -0.1) is 0 Å². The zero-order chi connectivity index (χ0) is 24.1. The van der Waals surface area contributed by atoms with Crippen molar-refractivity contribution in [2.24, 2.45) is 23.7 Å². The second-order valence-corrected chi connectivity index (χ2v) is 9.40. The number of carbonyl (C=O) groups excluding carboxylic acids is 4. The fraction of sp³-hybridized carbons (Fsp3) is 0.333. The van der Waals surface area contributed by atoms with Gasteiger partial charge in [0.15, 0.2) is 6.61 Å². The van der Waals surface area contributed by atoms with Crippen LogP contribution >= 0.6 is 0 Å². The highest BCUT2D eigenvalue weighted by atomic mass is 16.5. The molecule has 1 N–H and O–H groups in total. The Morgan fingerprint density at radius 2 is 1.76 bits per heavy atom. The van der Waals surface area contributed by atoms with E-state index in [1.165, 1.54) is 22.6 Å². The van der Waals surface area contributed by atoms with Crippen LogP contribution in [0.3, 0.4) is 0 Å². The molecule has 2 bridgehead atoms. The molecule has 0 aromatic heterocycles. The van der Waals surface area contributed by atoms with Gasteiger partial charge in [-0.1, -0.05) is 29.8 Å². The van der Waals surface area contributed by atoms with E-state index in [4.69, 9.17) is 4.74 Å². The first kappa shape index (κ1) is 22.1. The molecule has 2 aromatic carbocycles. The summed E-state index contributed by atoms with van der Waals surface area (Å²) in [4.78, 5) is 52.4. The van der Waals surface area contributed by atoms with E-state index in [0.717, 1.165) is 17.5 Å². The van der Waals surface area contributed by atoms with Gasteiger partial charge in [0.1, 0.15) is 0 Å². The minimum Gasteiger partial charge on any atom is -0.452 e. The number of nitrogens with zero attached hydrogens (tertiary/aromatic N) is 1. The number of hydrogen-bond acceptors (Lipinski definition) is 5. The summed E-state index contributed by atoms with van der Waals surface area (Å²) in [6.45, 7) is 5.43. The van der Waals surface area contributed by atoms with E-state index < -0.39 is 18.5 Å². The Bertz CT molecular complexity index is 1260. The Morgan fingerprint density at radius 3 is 2.56 bits per heavy atom. The van der Waals surface area contributed by atoms with E-state index in [1.807, 2.05) is 32.9 Å². The molecule has 7 nitrogen and oxygen atoms in total. The molecular formula is C27H26N2O5. The van der Waals surface area contributed by atoms with Gasteiger partial charge in [-0.3, -0.25) is 14.4 Å². The van der Waals surface area contributed by atoms with E-state index in [9.17, 15) is 19.2 Å². The van der Waals surface area contributed by atoms with E-state index in [1.54, 1.807) is 18.2 Å². The Kier molecular flexibility index (Phi) is 5.35. The average molecular weight is 459 g/mol. The largest absolute Gasteiger partial charge is 0.452 e. The predicted octanol–water partition coefficient (Wildman–Crippen LogP) is 3.80. The average Bonchev–Trinajstić information content (AvgIpc) is 3.45. The number of rotatable bonds is 5. The Labute approximate surface area is 197 Å². The molecule has 0 radical (unpaired) electrons. The fourth-order valence-electron chi connectivity index (χ4n) is 5.59. The molecule has 3 amide bonds. The maximum absolute atomic E-state index is 13.2. The topological polar surface area (TPSA) is 92.8 Å². The quantitative estimate of drug-likeness (QED) is 0.418. The van der Waals surface area contributed by atoms with Crippen LogP contribution < -0.4 is 10.2 Å². The number of hydrogen-bond donors (Lipinski definition) is 1. The normalized spacial score (nSPS) is 24.8. The number of amides is 3. The second-order valence-electron chi connectivity index (χ2n) is 9.40. The zero-order valence-electron chi connectivity index (χ0n) is 19.3. The van der Waals surface area contributed by atoms with Crippen LogP contribution in [0, 0.1) is 37.5 Å². The second kappa shape index (κ2) is 8.24. The van der Waals surface area contributed by atoms with Crippen molar-refractivity contribution in [1.82, 2.24) is 0 Å². The lowest BCUT2D eigenvalue weighted by Crippen LogP contribution is -2.33. The molecule has 0 unspecified atom stereocenters. The van der Waals surface area contributed by atoms with Gasteiger partial charge < -0.3 is 10.1 Å². The molecule has 3 aliphatic rings. The summed E-state index contributed by atoms with van der Waals surface area (Å²) in [5.41, 5.74) is 4.37. The SMILES string of the molecule is CC1=C[C@H]2C[C@H]1[C@H]1C(=O)N(c3cccc(C(=O)OCC(=O)Nc4cccc(C)c4C)c3)C(=O)[C@@H]12. The lowest BCUT2D eigenvalue weighted by Gasteiger charge is -2.19. The van der Waals surface area contributed by atoms with Crippen LogP contribution in [-0.2, 0) is 19.1 Å². The van der Waals surface area contributed by atoms with Crippen molar-refractivity contribution in [3.05, 3.63) is 70.8 Å². The Balaban J connectivity index is 1.26. The Morgan fingerprint density at radius 1 is 1.03 bits per heavy atom. The highest BCUT2D eigenvalue weighted by Crippen LogP contribution is 2.55. The number of allylic oxidation sites excluding steroid dienone is 2. The molecule has 34 heavy (non-hydrogen) atoms. The summed E-state index contributed by atoms with van der Waals surface area (Å²) in [7, 11) is 0. The van der Waals surface area contributed by atoms with Crippen LogP contribution in [0.25, 0.3) is 0 Å². The highest BCUT2D eigenvalue weighted by molar-refractivity contribution is 6.23. The van der Waals surface area contributed by atoms with Crippen molar-refractivity contribution in [2.45, 2.75) is 27.2 Å². The van der Waals surface area contributed by atoms with Gasteiger partial charge in [-0.25, -0.2) is 9.69 Å². The van der Waals surface area contributed by atoms with Crippen LogP contribution in [0.2, 0.25) is 0 Å². The predicted molar refractivity (Wildman–Crippen MR) is 126 cm³/mol. The van der Waals surface area contributed by atoms with Crippen molar-refractivity contribution >= 4 is 35.1 Å². The minimum atomic E-state index is -0.699. The van der Waals surface area contributed by atoms with Crippen LogP contribution in [-0.4, -0.2) is 30.3 Å².